The molecule has 7 aromatic heterocycles. The molecule has 8 aromatic rings. The van der Waals surface area contributed by atoms with Crippen LogP contribution in [0.1, 0.15) is 422 Å². The molecule has 3 N–H and O–H groups in total. The van der Waals surface area contributed by atoms with Crippen molar-refractivity contribution in [1.29, 1.82) is 0 Å². The van der Waals surface area contributed by atoms with Crippen LogP contribution in [-0.2, 0) is 0 Å². The molecule has 0 saturated heterocycles. The van der Waals surface area contributed by atoms with E-state index in [4.69, 9.17) is 0 Å². The first-order valence-corrected chi connectivity index (χ1v) is 44.6. The lowest BCUT2D eigenvalue weighted by molar-refractivity contribution is 0.469. The highest BCUT2D eigenvalue weighted by Gasteiger charge is 2.01. The van der Waals surface area contributed by atoms with E-state index in [0.717, 1.165) is 17.8 Å². The molecule has 722 valence electrons. The van der Waals surface area contributed by atoms with Gasteiger partial charge in [-0.25, -0.2) is 15.0 Å². The summed E-state index contributed by atoms with van der Waals surface area (Å²) in [6.45, 7) is 133. The average molecular weight is 1710 g/mol. The second-order valence-electron chi connectivity index (χ2n) is 51.5. The summed E-state index contributed by atoms with van der Waals surface area (Å²) < 4.78 is 0. The van der Waals surface area contributed by atoms with E-state index in [1.54, 1.807) is 99.1 Å². The summed E-state index contributed by atoms with van der Waals surface area (Å²) in [6.07, 6.45) is 30.5. The maximum atomic E-state index is 3.78. The first-order valence-electron chi connectivity index (χ1n) is 44.6. The molecule has 12 nitrogen and oxygen atoms in total. The van der Waals surface area contributed by atoms with Gasteiger partial charge in [-0.3, -0.25) is 20.1 Å². The van der Waals surface area contributed by atoms with E-state index < -0.39 is 0 Å². The van der Waals surface area contributed by atoms with Gasteiger partial charge in [-0.1, -0.05) is 465 Å². The lowest BCUT2D eigenvalue weighted by Gasteiger charge is -2.05. The van der Waals surface area contributed by atoms with Crippen LogP contribution in [0.15, 0.2) is 203 Å². The predicted molar refractivity (Wildman–Crippen MR) is 563 cm³/mol. The Morgan fingerprint density at radius 2 is 0.352 bits per heavy atom. The van der Waals surface area contributed by atoms with Gasteiger partial charge in [0.2, 0.25) is 0 Å². The summed E-state index contributed by atoms with van der Waals surface area (Å²) in [4.78, 5) is 27.9. The maximum absolute atomic E-state index is 3.78. The number of aromatic nitrogens is 12. The Balaban J connectivity index is -0.0000000687. The van der Waals surface area contributed by atoms with Crippen LogP contribution in [0.5, 0.6) is 0 Å². The summed E-state index contributed by atoms with van der Waals surface area (Å²) in [6, 6.07) is 28.9. The summed E-state index contributed by atoms with van der Waals surface area (Å²) >= 11 is 0. The maximum Gasteiger partial charge on any atom is 0.115 e. The first kappa shape index (κ1) is 153. The average Bonchev–Trinajstić information content (AvgIpc) is 2.13. The van der Waals surface area contributed by atoms with Crippen LogP contribution < -0.4 is 0 Å². The topological polar surface area (TPSA) is 163 Å². The Labute approximate surface area is 769 Å². The molecule has 0 atom stereocenters. The molecule has 8 rings (SSSR count). The molecule has 0 amide bonds. The van der Waals surface area contributed by atoms with Crippen LogP contribution in [0.3, 0.4) is 0 Å². The van der Waals surface area contributed by atoms with Gasteiger partial charge in [0.1, 0.15) is 6.33 Å². The molecule has 7 heterocycles. The van der Waals surface area contributed by atoms with Crippen LogP contribution in [0.25, 0.3) is 0 Å². The zero-order valence-electron chi connectivity index (χ0n) is 93.8. The molecular formula is C110H222N12. The van der Waals surface area contributed by atoms with Gasteiger partial charge in [0, 0.05) is 99.1 Å². The van der Waals surface area contributed by atoms with E-state index in [1.165, 1.54) is 6.33 Å². The molecule has 0 unspecified atom stereocenters. The summed E-state index contributed by atoms with van der Waals surface area (Å²) in [7, 11) is 0. The number of benzene rings is 1. The Kier molecular flexibility index (Phi) is 117. The smallest absolute Gasteiger partial charge is 0.115 e. The Morgan fingerprint density at radius 1 is 0.164 bits per heavy atom. The number of hydrogen-bond donors (Lipinski definition) is 3. The van der Waals surface area contributed by atoms with Crippen LogP contribution in [0, 0.1) is 88.1 Å². The fourth-order valence-electron chi connectivity index (χ4n) is 2.17. The number of aromatic amines is 3. The fraction of sp³-hybridized carbons (Fsp3) is 0.700. The Morgan fingerprint density at radius 3 is 0.418 bits per heavy atom. The summed E-state index contributed by atoms with van der Waals surface area (Å²) in [5.74, 6) is 2.50. The predicted octanol–water partition coefficient (Wildman–Crippen LogP) is 37.7. The van der Waals surface area contributed by atoms with Gasteiger partial charge in [0.25, 0.3) is 0 Å². The zero-order valence-corrected chi connectivity index (χ0v) is 93.8. The number of nitrogens with zero attached hydrogens (tertiary/aromatic N) is 9. The second kappa shape index (κ2) is 93.5. The van der Waals surface area contributed by atoms with Gasteiger partial charge in [-0.15, -0.1) is 0 Å². The van der Waals surface area contributed by atoms with Crippen molar-refractivity contribution in [3.8, 4) is 0 Å². The molecule has 0 saturated carbocycles. The third-order valence-electron chi connectivity index (χ3n) is 3.98. The van der Waals surface area contributed by atoms with Gasteiger partial charge in [-0.2, -0.15) is 15.3 Å². The minimum Gasteiger partial charge on any atom is -0.368 e. The Bertz CT molecular complexity index is 2050. The molecular weight excluding hydrogens is 1490 g/mol. The molecule has 0 spiro atoms. The van der Waals surface area contributed by atoms with E-state index in [0.29, 0.717) is 70.4 Å². The van der Waals surface area contributed by atoms with Gasteiger partial charge in [0.05, 0.1) is 6.33 Å². The molecule has 12 heteroatoms. The van der Waals surface area contributed by atoms with E-state index in [2.05, 4.69) is 483 Å². The monoisotopic (exact) mass is 1710 g/mol. The second-order valence-corrected chi connectivity index (χ2v) is 51.5. The van der Waals surface area contributed by atoms with Gasteiger partial charge in [-0.05, 0) is 137 Å². The van der Waals surface area contributed by atoms with Crippen molar-refractivity contribution in [3.05, 3.63) is 203 Å². The van der Waals surface area contributed by atoms with E-state index >= 15 is 0 Å². The van der Waals surface area contributed by atoms with Crippen molar-refractivity contribution < 1.29 is 0 Å². The molecule has 0 radical (unpaired) electrons. The van der Waals surface area contributed by atoms with Crippen molar-refractivity contribution in [2.24, 2.45) is 88.1 Å². The zero-order chi connectivity index (χ0) is 101. The molecule has 0 bridgehead atoms. The molecule has 0 fully saturated rings. The number of hydrogen-bond acceptors (Lipinski definition) is 9. The SMILES string of the molecule is CC(C)(C)C.CC(C)(C)C.CC(C)(C)C.CC(C)(C)C.CC(C)(C)C.CC(C)(C)C.CC(C)(C)C.CC(C)(C)C.CC(C)(C)C.CC(C)(C)C.CC(C)(C)C.CC(C)(C)C.CC(C)(C)C.CC(C)C.CC(C)C.CC(C)C.c1c[nH]cn1.c1cc[nH]c1.c1ccccc1.c1ccncc1.c1ccnnc1.c1cn[nH]c1.c1cnccn1.c1cncnc1. The van der Waals surface area contributed by atoms with Crippen LogP contribution >= 0.6 is 0 Å². The normalized spacial score (nSPS) is 10.2. The van der Waals surface area contributed by atoms with Crippen molar-refractivity contribution >= 4 is 0 Å². The van der Waals surface area contributed by atoms with Crippen molar-refractivity contribution in [2.45, 2.75) is 422 Å². The number of H-pyrrole nitrogens is 3. The Hall–Kier alpha value is -6.69. The quantitative estimate of drug-likeness (QED) is 0.134. The lowest BCUT2D eigenvalue weighted by Crippen LogP contribution is -1.93. The van der Waals surface area contributed by atoms with E-state index in [9.17, 15) is 0 Å². The first-order chi connectivity index (χ1) is 53.7. The minimum atomic E-state index is 0.500. The number of pyridine rings is 1. The van der Waals surface area contributed by atoms with Crippen LogP contribution in [0.4, 0.5) is 0 Å². The van der Waals surface area contributed by atoms with Crippen LogP contribution in [0.2, 0.25) is 0 Å². The standard InChI is InChI=1S/C6H6.C5H5N.13C5H12.3C4H4N2.C4H5N.3C4H10.2C3H4N2/c2*1-2-4-6-5-3-1;13*1-5(2,3)4;1-2-6-4-3-5-1;1-2-5-4-6-3-1;1-2-4-6-5-3-1;1-2-4-5-3-1;3*1-4(2)3;1-2-5-3-4-1;1-2-4-5-3-1/h1-6H;1-5H;13*1-4H3;3*1-4H;1-5H;3*4H,1-3H3;2*1-3H,(H,4,5). The van der Waals surface area contributed by atoms with Gasteiger partial charge < -0.3 is 9.97 Å². The number of rotatable bonds is 0. The van der Waals surface area contributed by atoms with Gasteiger partial charge in [0.15, 0.2) is 0 Å². The lowest BCUT2D eigenvalue weighted by atomic mass is 10.0. The fourth-order valence-corrected chi connectivity index (χ4v) is 2.17. The van der Waals surface area contributed by atoms with Crippen molar-refractivity contribution in [3.63, 3.8) is 0 Å². The number of imidazole rings is 1. The van der Waals surface area contributed by atoms with Crippen molar-refractivity contribution in [1.82, 2.24) is 60.3 Å². The van der Waals surface area contributed by atoms with Crippen LogP contribution in [-0.4, -0.2) is 60.3 Å². The van der Waals surface area contributed by atoms with Crippen molar-refractivity contribution in [2.75, 3.05) is 0 Å². The molecule has 0 aliphatic carbocycles. The largest absolute Gasteiger partial charge is 0.368 e. The summed E-state index contributed by atoms with van der Waals surface area (Å²) in [5.41, 5.74) is 6.50. The third-order valence-corrected chi connectivity index (χ3v) is 3.98. The van der Waals surface area contributed by atoms with E-state index in [-0.39, 0.29) is 0 Å². The summed E-state index contributed by atoms with van der Waals surface area (Å²) in [5, 5.41) is 13.3. The molecule has 1 aromatic carbocycles. The van der Waals surface area contributed by atoms with Gasteiger partial charge >= 0.3 is 0 Å². The third kappa shape index (κ3) is 974. The highest BCUT2D eigenvalue weighted by atomic mass is 15.1. The highest BCUT2D eigenvalue weighted by Crippen LogP contribution is 2.14. The van der Waals surface area contributed by atoms with E-state index in [1.807, 2.05) is 97.3 Å². The minimum absolute atomic E-state index is 0.500. The molecule has 122 heavy (non-hydrogen) atoms. The highest BCUT2D eigenvalue weighted by molar-refractivity contribution is 4.99. The molecule has 0 aliphatic rings. The molecule has 0 aliphatic heterocycles. The number of nitrogens with one attached hydrogen (secondary N) is 3.